The van der Waals surface area contributed by atoms with E-state index in [0.29, 0.717) is 4.67 Å². The summed E-state index contributed by atoms with van der Waals surface area (Å²) < 4.78 is 7.23. The SMILES string of the molecule is Cc1sc(Br)cc1C(Cl)c1ccc(Br)o1. The van der Waals surface area contributed by atoms with Crippen molar-refractivity contribution in [1.29, 1.82) is 0 Å². The second kappa shape index (κ2) is 4.62. The van der Waals surface area contributed by atoms with Crippen LogP contribution in [0.3, 0.4) is 0 Å². The van der Waals surface area contributed by atoms with Crippen LogP contribution in [0.2, 0.25) is 0 Å². The van der Waals surface area contributed by atoms with Crippen molar-refractivity contribution < 1.29 is 4.42 Å². The van der Waals surface area contributed by atoms with Gasteiger partial charge in [-0.1, -0.05) is 0 Å². The molecule has 0 aliphatic heterocycles. The standard InChI is InChI=1S/C10H7Br2ClOS/c1-5-6(4-9(12)15-5)10(13)7-2-3-8(11)14-7/h2-4,10H,1H3. The van der Waals surface area contributed by atoms with Crippen LogP contribution in [0.15, 0.2) is 31.1 Å². The lowest BCUT2D eigenvalue weighted by atomic mass is 10.1. The van der Waals surface area contributed by atoms with Gasteiger partial charge in [-0.2, -0.15) is 0 Å². The number of halogens is 3. The second-order valence-corrected chi connectivity index (χ2v) is 6.92. The summed E-state index contributed by atoms with van der Waals surface area (Å²) in [6.07, 6.45) is 0. The number of aryl methyl sites for hydroxylation is 1. The Morgan fingerprint density at radius 1 is 1.40 bits per heavy atom. The maximum absolute atomic E-state index is 6.33. The largest absolute Gasteiger partial charge is 0.452 e. The highest BCUT2D eigenvalue weighted by Gasteiger charge is 2.18. The predicted molar refractivity (Wildman–Crippen MR) is 70.9 cm³/mol. The van der Waals surface area contributed by atoms with Crippen molar-refractivity contribution in [1.82, 2.24) is 0 Å². The van der Waals surface area contributed by atoms with Crippen LogP contribution in [-0.4, -0.2) is 0 Å². The third-order valence-corrected chi connectivity index (χ3v) is 4.49. The fourth-order valence-electron chi connectivity index (χ4n) is 1.33. The second-order valence-electron chi connectivity index (χ2n) is 3.07. The van der Waals surface area contributed by atoms with Crippen LogP contribution in [0, 0.1) is 6.92 Å². The van der Waals surface area contributed by atoms with Gasteiger partial charge in [-0.25, -0.2) is 0 Å². The van der Waals surface area contributed by atoms with Gasteiger partial charge in [0.1, 0.15) is 11.1 Å². The molecule has 2 aromatic rings. The molecule has 0 spiro atoms. The zero-order valence-electron chi connectivity index (χ0n) is 7.76. The molecule has 0 saturated carbocycles. The van der Waals surface area contributed by atoms with Crippen molar-refractivity contribution in [2.45, 2.75) is 12.3 Å². The molecule has 1 atom stereocenters. The lowest BCUT2D eigenvalue weighted by Crippen LogP contribution is -1.90. The smallest absolute Gasteiger partial charge is 0.169 e. The van der Waals surface area contributed by atoms with Gasteiger partial charge in [-0.3, -0.25) is 0 Å². The van der Waals surface area contributed by atoms with Crippen LogP contribution in [0.4, 0.5) is 0 Å². The normalized spacial score (nSPS) is 13.1. The molecule has 2 rings (SSSR count). The highest BCUT2D eigenvalue weighted by Crippen LogP contribution is 2.38. The maximum Gasteiger partial charge on any atom is 0.169 e. The first-order valence-corrected chi connectivity index (χ1v) is 7.07. The third kappa shape index (κ3) is 2.49. The molecule has 15 heavy (non-hydrogen) atoms. The lowest BCUT2D eigenvalue weighted by Gasteiger charge is -2.05. The zero-order valence-corrected chi connectivity index (χ0v) is 12.5. The van der Waals surface area contributed by atoms with E-state index in [-0.39, 0.29) is 5.38 Å². The first-order chi connectivity index (χ1) is 7.08. The number of rotatable bonds is 2. The van der Waals surface area contributed by atoms with Gasteiger partial charge < -0.3 is 4.42 Å². The summed E-state index contributed by atoms with van der Waals surface area (Å²) in [7, 11) is 0. The van der Waals surface area contributed by atoms with E-state index >= 15 is 0 Å². The van der Waals surface area contributed by atoms with E-state index in [2.05, 4.69) is 38.8 Å². The van der Waals surface area contributed by atoms with E-state index in [1.54, 1.807) is 11.3 Å². The minimum absolute atomic E-state index is 0.223. The Balaban J connectivity index is 2.35. The molecule has 5 heteroatoms. The van der Waals surface area contributed by atoms with Crippen molar-refractivity contribution in [3.8, 4) is 0 Å². The first-order valence-electron chi connectivity index (χ1n) is 4.23. The molecule has 0 aliphatic rings. The van der Waals surface area contributed by atoms with Crippen molar-refractivity contribution >= 4 is 54.8 Å². The van der Waals surface area contributed by atoms with Crippen LogP contribution in [-0.2, 0) is 0 Å². The van der Waals surface area contributed by atoms with E-state index < -0.39 is 0 Å². The van der Waals surface area contributed by atoms with Gasteiger partial charge in [0.2, 0.25) is 0 Å². The Kier molecular flexibility index (Phi) is 3.60. The van der Waals surface area contributed by atoms with Crippen LogP contribution < -0.4 is 0 Å². The molecule has 0 bridgehead atoms. The van der Waals surface area contributed by atoms with Crippen LogP contribution in [0.1, 0.15) is 21.6 Å². The monoisotopic (exact) mass is 368 g/mol. The molecular formula is C10H7Br2ClOS. The molecule has 0 saturated heterocycles. The Labute approximate surface area is 114 Å². The van der Waals surface area contributed by atoms with Crippen molar-refractivity contribution in [2.24, 2.45) is 0 Å². The van der Waals surface area contributed by atoms with Gasteiger partial charge in [-0.05, 0) is 62.5 Å². The molecule has 0 N–H and O–H groups in total. The Morgan fingerprint density at radius 3 is 2.60 bits per heavy atom. The number of hydrogen-bond donors (Lipinski definition) is 0. The Hall–Kier alpha value is 0.230. The predicted octanol–water partition coefficient (Wildman–Crippen LogP) is 5.50. The van der Waals surface area contributed by atoms with Crippen molar-refractivity contribution in [3.05, 3.63) is 42.9 Å². The first kappa shape index (κ1) is 11.7. The van der Waals surface area contributed by atoms with Gasteiger partial charge in [0.05, 0.1) is 3.79 Å². The van der Waals surface area contributed by atoms with Gasteiger partial charge in [0, 0.05) is 4.88 Å². The van der Waals surface area contributed by atoms with Crippen LogP contribution in [0.25, 0.3) is 0 Å². The molecule has 0 aromatic carbocycles. The molecular weight excluding hydrogens is 363 g/mol. The molecule has 2 aromatic heterocycles. The van der Waals surface area contributed by atoms with E-state index in [9.17, 15) is 0 Å². The van der Waals surface area contributed by atoms with Gasteiger partial charge in [0.15, 0.2) is 4.67 Å². The fraction of sp³-hybridized carbons (Fsp3) is 0.200. The number of furan rings is 1. The minimum Gasteiger partial charge on any atom is -0.452 e. The van der Waals surface area contributed by atoms with Gasteiger partial charge in [0.25, 0.3) is 0 Å². The Bertz CT molecular complexity index is 477. The summed E-state index contributed by atoms with van der Waals surface area (Å²) in [4.78, 5) is 1.20. The van der Waals surface area contributed by atoms with Crippen molar-refractivity contribution in [3.63, 3.8) is 0 Å². The summed E-state index contributed by atoms with van der Waals surface area (Å²) in [6, 6.07) is 5.77. The molecule has 0 fully saturated rings. The molecule has 0 radical (unpaired) electrons. The molecule has 1 unspecified atom stereocenters. The topological polar surface area (TPSA) is 13.1 Å². The lowest BCUT2D eigenvalue weighted by molar-refractivity contribution is 0.494. The van der Waals surface area contributed by atoms with E-state index in [1.165, 1.54) is 4.88 Å². The van der Waals surface area contributed by atoms with Gasteiger partial charge in [-0.15, -0.1) is 22.9 Å². The highest BCUT2D eigenvalue weighted by atomic mass is 79.9. The maximum atomic E-state index is 6.33. The summed E-state index contributed by atoms with van der Waals surface area (Å²) in [5.74, 6) is 0.761. The summed E-state index contributed by atoms with van der Waals surface area (Å²) in [6.45, 7) is 2.05. The molecule has 1 nitrogen and oxygen atoms in total. The highest BCUT2D eigenvalue weighted by molar-refractivity contribution is 9.11. The number of alkyl halides is 1. The van der Waals surface area contributed by atoms with E-state index in [4.69, 9.17) is 16.0 Å². The Morgan fingerprint density at radius 2 is 2.13 bits per heavy atom. The fourth-order valence-corrected chi connectivity index (χ4v) is 3.80. The van der Waals surface area contributed by atoms with E-state index in [0.717, 1.165) is 15.1 Å². The molecule has 2 heterocycles. The summed E-state index contributed by atoms with van der Waals surface area (Å²) >= 11 is 14.7. The van der Waals surface area contributed by atoms with E-state index in [1.807, 2.05) is 18.2 Å². The zero-order chi connectivity index (χ0) is 11.0. The average molecular weight is 370 g/mol. The van der Waals surface area contributed by atoms with Crippen LogP contribution >= 0.6 is 54.8 Å². The number of thiophene rings is 1. The van der Waals surface area contributed by atoms with Crippen LogP contribution in [0.5, 0.6) is 0 Å². The summed E-state index contributed by atoms with van der Waals surface area (Å²) in [5, 5.41) is -0.223. The quantitative estimate of drug-likeness (QED) is 0.636. The number of hydrogen-bond acceptors (Lipinski definition) is 2. The molecule has 80 valence electrons. The average Bonchev–Trinajstić information content (AvgIpc) is 2.71. The minimum atomic E-state index is -0.223. The van der Waals surface area contributed by atoms with Gasteiger partial charge >= 0.3 is 0 Å². The third-order valence-electron chi connectivity index (χ3n) is 2.04. The molecule has 0 amide bonds. The summed E-state index contributed by atoms with van der Waals surface area (Å²) in [5.41, 5.74) is 1.09. The molecule has 0 aliphatic carbocycles. The van der Waals surface area contributed by atoms with Crippen molar-refractivity contribution in [2.75, 3.05) is 0 Å².